The van der Waals surface area contributed by atoms with Crippen LogP contribution in [0.15, 0.2) is 36.4 Å². The smallest absolute Gasteiger partial charge is 0.0167 e. The third-order valence-corrected chi connectivity index (χ3v) is 6.05. The minimum absolute atomic E-state index is 0.931. The van der Waals surface area contributed by atoms with Crippen molar-refractivity contribution in [3.63, 3.8) is 0 Å². The molecule has 0 N–H and O–H groups in total. The Bertz CT molecular complexity index is 502. The Labute approximate surface area is 134 Å². The van der Waals surface area contributed by atoms with Crippen molar-refractivity contribution in [1.82, 2.24) is 9.80 Å². The van der Waals surface area contributed by atoms with Crippen molar-refractivity contribution in [1.29, 1.82) is 0 Å². The standard InChI is InChI=1S/C20H28N2/c1-2-5-17(6-3-1)7-4-10-21-11-13-22(14-12-21)20-16-18-8-9-19(20)15-18/h1-7,18-20H,8-16H2/b7-4-/t18-,19-,20-/m0/s1. The number of piperazine rings is 1. The highest BCUT2D eigenvalue weighted by atomic mass is 15.3. The Morgan fingerprint density at radius 2 is 1.77 bits per heavy atom. The first-order valence-electron chi connectivity index (χ1n) is 9.06. The molecule has 1 aromatic rings. The van der Waals surface area contributed by atoms with Gasteiger partial charge < -0.3 is 0 Å². The van der Waals surface area contributed by atoms with Crippen molar-refractivity contribution in [2.75, 3.05) is 32.7 Å². The Kier molecular flexibility index (Phi) is 4.31. The molecule has 0 aromatic heterocycles. The lowest BCUT2D eigenvalue weighted by Crippen LogP contribution is -2.51. The van der Waals surface area contributed by atoms with Crippen LogP contribution in [0.25, 0.3) is 6.08 Å². The fraction of sp³-hybridized carbons (Fsp3) is 0.600. The second-order valence-electron chi connectivity index (χ2n) is 7.39. The van der Waals surface area contributed by atoms with Gasteiger partial charge >= 0.3 is 0 Å². The molecule has 118 valence electrons. The van der Waals surface area contributed by atoms with Crippen LogP contribution >= 0.6 is 0 Å². The van der Waals surface area contributed by atoms with Crippen LogP contribution in [0.4, 0.5) is 0 Å². The van der Waals surface area contributed by atoms with E-state index in [1.165, 1.54) is 57.4 Å². The van der Waals surface area contributed by atoms with Gasteiger partial charge in [0.15, 0.2) is 0 Å². The van der Waals surface area contributed by atoms with Crippen LogP contribution in [-0.2, 0) is 0 Å². The lowest BCUT2D eigenvalue weighted by Gasteiger charge is -2.40. The normalized spacial score (nSPS) is 33.0. The summed E-state index contributed by atoms with van der Waals surface area (Å²) in [4.78, 5) is 5.41. The van der Waals surface area contributed by atoms with Gasteiger partial charge in [-0.15, -0.1) is 0 Å². The maximum atomic E-state index is 2.81. The monoisotopic (exact) mass is 296 g/mol. The summed E-state index contributed by atoms with van der Waals surface area (Å²) >= 11 is 0. The number of rotatable bonds is 4. The molecule has 0 radical (unpaired) electrons. The molecule has 3 atom stereocenters. The molecule has 1 aromatic carbocycles. The van der Waals surface area contributed by atoms with Crippen LogP contribution in [0.5, 0.6) is 0 Å². The number of hydrogen-bond donors (Lipinski definition) is 0. The molecule has 22 heavy (non-hydrogen) atoms. The fourth-order valence-corrected chi connectivity index (χ4v) is 4.84. The summed E-state index contributed by atoms with van der Waals surface area (Å²) in [5, 5.41) is 0. The van der Waals surface area contributed by atoms with Crippen LogP contribution in [0.1, 0.15) is 31.2 Å². The molecule has 0 unspecified atom stereocenters. The van der Waals surface area contributed by atoms with Gasteiger partial charge in [0, 0.05) is 38.8 Å². The van der Waals surface area contributed by atoms with Crippen LogP contribution < -0.4 is 0 Å². The molecule has 1 aliphatic heterocycles. The van der Waals surface area contributed by atoms with E-state index in [1.54, 1.807) is 0 Å². The van der Waals surface area contributed by atoms with Gasteiger partial charge in [-0.1, -0.05) is 48.9 Å². The second-order valence-corrected chi connectivity index (χ2v) is 7.39. The fourth-order valence-electron chi connectivity index (χ4n) is 4.84. The quantitative estimate of drug-likeness (QED) is 0.839. The van der Waals surface area contributed by atoms with E-state index in [4.69, 9.17) is 0 Å². The number of hydrogen-bond acceptors (Lipinski definition) is 2. The van der Waals surface area contributed by atoms with Gasteiger partial charge in [0.05, 0.1) is 0 Å². The Hall–Kier alpha value is -1.12. The van der Waals surface area contributed by atoms with Gasteiger partial charge in [0.25, 0.3) is 0 Å². The highest BCUT2D eigenvalue weighted by Gasteiger charge is 2.42. The maximum Gasteiger partial charge on any atom is 0.0167 e. The van der Waals surface area contributed by atoms with Crippen molar-refractivity contribution in [2.24, 2.45) is 11.8 Å². The molecule has 0 amide bonds. The summed E-state index contributed by atoms with van der Waals surface area (Å²) in [5.74, 6) is 2.11. The summed E-state index contributed by atoms with van der Waals surface area (Å²) in [6.45, 7) is 6.15. The van der Waals surface area contributed by atoms with E-state index >= 15 is 0 Å². The molecule has 2 aliphatic carbocycles. The lowest BCUT2D eigenvalue weighted by molar-refractivity contribution is 0.0765. The lowest BCUT2D eigenvalue weighted by atomic mass is 9.93. The Morgan fingerprint density at radius 1 is 0.955 bits per heavy atom. The molecule has 2 bridgehead atoms. The highest BCUT2D eigenvalue weighted by Crippen LogP contribution is 2.46. The first-order valence-corrected chi connectivity index (χ1v) is 9.06. The van der Waals surface area contributed by atoms with Crippen molar-refractivity contribution in [3.05, 3.63) is 42.0 Å². The zero-order valence-electron chi connectivity index (χ0n) is 13.5. The van der Waals surface area contributed by atoms with Crippen LogP contribution in [-0.4, -0.2) is 48.6 Å². The van der Waals surface area contributed by atoms with Gasteiger partial charge in [0.1, 0.15) is 0 Å². The first-order chi connectivity index (χ1) is 10.9. The van der Waals surface area contributed by atoms with Crippen molar-refractivity contribution in [3.8, 4) is 0 Å². The summed E-state index contributed by atoms with van der Waals surface area (Å²) in [7, 11) is 0. The van der Waals surface area contributed by atoms with Gasteiger partial charge in [0.2, 0.25) is 0 Å². The molecule has 1 heterocycles. The molecular formula is C20H28N2. The van der Waals surface area contributed by atoms with E-state index in [2.05, 4.69) is 52.3 Å². The van der Waals surface area contributed by atoms with E-state index in [9.17, 15) is 0 Å². The zero-order chi connectivity index (χ0) is 14.8. The van der Waals surface area contributed by atoms with Crippen LogP contribution in [0.3, 0.4) is 0 Å². The minimum Gasteiger partial charge on any atom is -0.298 e. The third kappa shape index (κ3) is 3.13. The topological polar surface area (TPSA) is 6.48 Å². The van der Waals surface area contributed by atoms with Crippen molar-refractivity contribution in [2.45, 2.75) is 31.7 Å². The number of benzene rings is 1. The minimum atomic E-state index is 0.931. The van der Waals surface area contributed by atoms with Crippen molar-refractivity contribution >= 4 is 6.08 Å². The molecule has 0 spiro atoms. The predicted molar refractivity (Wildman–Crippen MR) is 92.7 cm³/mol. The molecule has 3 fully saturated rings. The van der Waals surface area contributed by atoms with Crippen LogP contribution in [0.2, 0.25) is 0 Å². The summed E-state index contributed by atoms with van der Waals surface area (Å²) in [5.41, 5.74) is 1.31. The summed E-state index contributed by atoms with van der Waals surface area (Å²) < 4.78 is 0. The Balaban J connectivity index is 1.23. The molecule has 4 rings (SSSR count). The highest BCUT2D eigenvalue weighted by molar-refractivity contribution is 5.48. The average Bonchev–Trinajstić information content (AvgIpc) is 3.20. The van der Waals surface area contributed by atoms with E-state index in [0.717, 1.165) is 24.4 Å². The SMILES string of the molecule is C(=C/c1ccccc1)/CN1CCN([C@H]2C[C@H]3CC[C@H]2C3)CC1. The largest absolute Gasteiger partial charge is 0.298 e. The average molecular weight is 296 g/mol. The number of fused-ring (bicyclic) bond motifs is 2. The third-order valence-electron chi connectivity index (χ3n) is 6.05. The van der Waals surface area contributed by atoms with E-state index < -0.39 is 0 Å². The van der Waals surface area contributed by atoms with Gasteiger partial charge in [-0.05, 0) is 36.7 Å². The van der Waals surface area contributed by atoms with E-state index in [1.807, 2.05) is 0 Å². The molecular weight excluding hydrogens is 268 g/mol. The molecule has 1 saturated heterocycles. The summed E-state index contributed by atoms with van der Waals surface area (Å²) in [6.07, 6.45) is 10.6. The summed E-state index contributed by atoms with van der Waals surface area (Å²) in [6, 6.07) is 11.6. The number of nitrogens with zero attached hydrogens (tertiary/aromatic N) is 2. The van der Waals surface area contributed by atoms with Gasteiger partial charge in [-0.3, -0.25) is 9.80 Å². The van der Waals surface area contributed by atoms with Gasteiger partial charge in [-0.25, -0.2) is 0 Å². The van der Waals surface area contributed by atoms with Crippen LogP contribution in [0, 0.1) is 11.8 Å². The van der Waals surface area contributed by atoms with E-state index in [0.29, 0.717) is 0 Å². The molecule has 2 nitrogen and oxygen atoms in total. The molecule has 2 heteroatoms. The molecule has 3 aliphatic rings. The zero-order valence-corrected chi connectivity index (χ0v) is 13.5. The molecule has 2 saturated carbocycles. The second kappa shape index (κ2) is 6.55. The van der Waals surface area contributed by atoms with E-state index in [-0.39, 0.29) is 0 Å². The van der Waals surface area contributed by atoms with Crippen molar-refractivity contribution < 1.29 is 0 Å². The van der Waals surface area contributed by atoms with Gasteiger partial charge in [-0.2, -0.15) is 0 Å². The Morgan fingerprint density at radius 3 is 2.45 bits per heavy atom. The maximum absolute atomic E-state index is 2.81. The first kappa shape index (κ1) is 14.5. The predicted octanol–water partition coefficient (Wildman–Crippen LogP) is 3.51.